The van der Waals surface area contributed by atoms with E-state index in [1.54, 1.807) is 13.3 Å². The molecule has 20 heavy (non-hydrogen) atoms. The molecular weight excluding hydrogens is 252 g/mol. The maximum atomic E-state index is 5.32. The third kappa shape index (κ3) is 3.17. The van der Waals surface area contributed by atoms with E-state index in [2.05, 4.69) is 21.4 Å². The SMILES string of the molecule is COc1nccc(N(C)C)c1NCc1ccc(C)cn1. The first-order valence-electron chi connectivity index (χ1n) is 6.47. The van der Waals surface area contributed by atoms with Crippen LogP contribution in [0, 0.1) is 6.92 Å². The van der Waals surface area contributed by atoms with Crippen LogP contribution < -0.4 is 15.0 Å². The summed E-state index contributed by atoms with van der Waals surface area (Å²) in [7, 11) is 5.60. The Labute approximate surface area is 119 Å². The van der Waals surface area contributed by atoms with Crippen molar-refractivity contribution >= 4 is 11.4 Å². The molecule has 5 heteroatoms. The zero-order chi connectivity index (χ0) is 14.5. The summed E-state index contributed by atoms with van der Waals surface area (Å²) in [6, 6.07) is 6.02. The van der Waals surface area contributed by atoms with Gasteiger partial charge in [0, 0.05) is 26.5 Å². The Bertz CT molecular complexity index is 567. The maximum absolute atomic E-state index is 5.32. The summed E-state index contributed by atoms with van der Waals surface area (Å²) in [5.41, 5.74) is 4.04. The van der Waals surface area contributed by atoms with Crippen LogP contribution in [-0.4, -0.2) is 31.2 Å². The van der Waals surface area contributed by atoms with Crippen molar-refractivity contribution in [1.29, 1.82) is 0 Å². The van der Waals surface area contributed by atoms with Crippen LogP contribution in [0.25, 0.3) is 0 Å². The zero-order valence-corrected chi connectivity index (χ0v) is 12.3. The first kappa shape index (κ1) is 14.1. The third-order valence-corrected chi connectivity index (χ3v) is 2.99. The van der Waals surface area contributed by atoms with Crippen LogP contribution in [-0.2, 0) is 6.54 Å². The van der Waals surface area contributed by atoms with Crippen molar-refractivity contribution in [2.24, 2.45) is 0 Å². The molecule has 0 aliphatic carbocycles. The van der Waals surface area contributed by atoms with Crippen LogP contribution in [0.5, 0.6) is 5.88 Å². The highest BCUT2D eigenvalue weighted by Crippen LogP contribution is 2.32. The van der Waals surface area contributed by atoms with Crippen molar-refractivity contribution in [3.05, 3.63) is 41.9 Å². The molecule has 0 spiro atoms. The van der Waals surface area contributed by atoms with E-state index in [0.29, 0.717) is 12.4 Å². The van der Waals surface area contributed by atoms with Gasteiger partial charge >= 0.3 is 0 Å². The van der Waals surface area contributed by atoms with Gasteiger partial charge in [-0.15, -0.1) is 0 Å². The standard InChI is InChI=1S/C15H20N4O/c1-11-5-6-12(17-9-11)10-18-14-13(19(2)3)7-8-16-15(14)20-4/h5-9,18H,10H2,1-4H3. The van der Waals surface area contributed by atoms with Gasteiger partial charge < -0.3 is 15.0 Å². The van der Waals surface area contributed by atoms with Gasteiger partial charge in [-0.05, 0) is 24.6 Å². The van der Waals surface area contributed by atoms with Crippen LogP contribution >= 0.6 is 0 Å². The molecule has 0 atom stereocenters. The lowest BCUT2D eigenvalue weighted by Crippen LogP contribution is -2.13. The average molecular weight is 272 g/mol. The minimum absolute atomic E-state index is 0.586. The van der Waals surface area contributed by atoms with E-state index in [1.807, 2.05) is 44.2 Å². The summed E-state index contributed by atoms with van der Waals surface area (Å²) in [4.78, 5) is 10.6. The summed E-state index contributed by atoms with van der Waals surface area (Å²) in [6.07, 6.45) is 3.60. The van der Waals surface area contributed by atoms with Crippen LogP contribution in [0.15, 0.2) is 30.6 Å². The first-order chi connectivity index (χ1) is 9.61. The Kier molecular flexibility index (Phi) is 4.40. The van der Waals surface area contributed by atoms with Gasteiger partial charge in [0.1, 0.15) is 5.69 Å². The number of aryl methyl sites for hydroxylation is 1. The third-order valence-electron chi connectivity index (χ3n) is 2.99. The Morgan fingerprint density at radius 3 is 2.60 bits per heavy atom. The van der Waals surface area contributed by atoms with E-state index < -0.39 is 0 Å². The molecule has 2 aromatic heterocycles. The number of methoxy groups -OCH3 is 1. The Balaban J connectivity index is 2.21. The molecule has 0 radical (unpaired) electrons. The molecule has 2 heterocycles. The second kappa shape index (κ2) is 6.23. The normalized spacial score (nSPS) is 10.2. The highest BCUT2D eigenvalue weighted by atomic mass is 16.5. The van der Waals surface area contributed by atoms with Gasteiger partial charge in [0.05, 0.1) is 25.0 Å². The Morgan fingerprint density at radius 2 is 2.00 bits per heavy atom. The second-order valence-electron chi connectivity index (χ2n) is 4.79. The number of rotatable bonds is 5. The van der Waals surface area contributed by atoms with Gasteiger partial charge in [0.25, 0.3) is 0 Å². The van der Waals surface area contributed by atoms with Gasteiger partial charge in [-0.1, -0.05) is 6.07 Å². The molecule has 106 valence electrons. The topological polar surface area (TPSA) is 50.3 Å². The van der Waals surface area contributed by atoms with E-state index in [9.17, 15) is 0 Å². The van der Waals surface area contributed by atoms with Crippen molar-refractivity contribution in [2.75, 3.05) is 31.4 Å². The number of nitrogens with zero attached hydrogens (tertiary/aromatic N) is 3. The maximum Gasteiger partial charge on any atom is 0.239 e. The van der Waals surface area contributed by atoms with Crippen LogP contribution in [0.3, 0.4) is 0 Å². The predicted molar refractivity (Wildman–Crippen MR) is 81.4 cm³/mol. The number of hydrogen-bond donors (Lipinski definition) is 1. The summed E-state index contributed by atoms with van der Waals surface area (Å²) < 4.78 is 5.32. The van der Waals surface area contributed by atoms with E-state index in [0.717, 1.165) is 22.6 Å². The second-order valence-corrected chi connectivity index (χ2v) is 4.79. The van der Waals surface area contributed by atoms with Crippen molar-refractivity contribution in [2.45, 2.75) is 13.5 Å². The van der Waals surface area contributed by atoms with Gasteiger partial charge in [-0.25, -0.2) is 4.98 Å². The first-order valence-corrected chi connectivity index (χ1v) is 6.47. The molecule has 0 unspecified atom stereocenters. The molecule has 0 bridgehead atoms. The van der Waals surface area contributed by atoms with E-state index in [-0.39, 0.29) is 0 Å². The fraction of sp³-hybridized carbons (Fsp3) is 0.333. The fourth-order valence-electron chi connectivity index (χ4n) is 1.91. The minimum Gasteiger partial charge on any atom is -0.479 e. The summed E-state index contributed by atoms with van der Waals surface area (Å²) in [5.74, 6) is 0.586. The molecule has 0 fully saturated rings. The van der Waals surface area contributed by atoms with Crippen LogP contribution in [0.2, 0.25) is 0 Å². The number of aromatic nitrogens is 2. The molecule has 0 aliphatic heterocycles. The molecule has 2 rings (SSSR count). The Morgan fingerprint density at radius 1 is 1.20 bits per heavy atom. The van der Waals surface area contributed by atoms with E-state index in [1.165, 1.54) is 0 Å². The summed E-state index contributed by atoms with van der Waals surface area (Å²) in [5, 5.41) is 3.36. The van der Waals surface area contributed by atoms with Crippen molar-refractivity contribution in [1.82, 2.24) is 9.97 Å². The van der Waals surface area contributed by atoms with Crippen LogP contribution in [0.1, 0.15) is 11.3 Å². The number of anilines is 2. The lowest BCUT2D eigenvalue weighted by Gasteiger charge is -2.19. The van der Waals surface area contributed by atoms with Crippen molar-refractivity contribution < 1.29 is 4.74 Å². The van der Waals surface area contributed by atoms with Gasteiger partial charge in [-0.2, -0.15) is 0 Å². The lowest BCUT2D eigenvalue weighted by atomic mass is 10.2. The van der Waals surface area contributed by atoms with E-state index >= 15 is 0 Å². The number of ether oxygens (including phenoxy) is 1. The van der Waals surface area contributed by atoms with E-state index in [4.69, 9.17) is 4.74 Å². The number of pyridine rings is 2. The lowest BCUT2D eigenvalue weighted by molar-refractivity contribution is 0.400. The number of hydrogen-bond acceptors (Lipinski definition) is 5. The van der Waals surface area contributed by atoms with Crippen LogP contribution in [0.4, 0.5) is 11.4 Å². The largest absolute Gasteiger partial charge is 0.479 e. The summed E-state index contributed by atoms with van der Waals surface area (Å²) in [6.45, 7) is 2.65. The highest BCUT2D eigenvalue weighted by molar-refractivity contribution is 5.74. The molecule has 0 aliphatic rings. The van der Waals surface area contributed by atoms with Crippen molar-refractivity contribution in [3.8, 4) is 5.88 Å². The summed E-state index contributed by atoms with van der Waals surface area (Å²) >= 11 is 0. The molecule has 1 N–H and O–H groups in total. The molecule has 0 saturated heterocycles. The predicted octanol–water partition coefficient (Wildman–Crippen LogP) is 2.47. The molecule has 0 aromatic carbocycles. The molecular formula is C15H20N4O. The van der Waals surface area contributed by atoms with Crippen molar-refractivity contribution in [3.63, 3.8) is 0 Å². The smallest absolute Gasteiger partial charge is 0.239 e. The fourth-order valence-corrected chi connectivity index (χ4v) is 1.91. The molecule has 2 aromatic rings. The monoisotopic (exact) mass is 272 g/mol. The minimum atomic E-state index is 0.586. The molecule has 0 saturated carbocycles. The Hall–Kier alpha value is -2.30. The quantitative estimate of drug-likeness (QED) is 0.906. The molecule has 5 nitrogen and oxygen atoms in total. The highest BCUT2D eigenvalue weighted by Gasteiger charge is 2.11. The van der Waals surface area contributed by atoms with Gasteiger partial charge in [-0.3, -0.25) is 4.98 Å². The number of nitrogens with one attached hydrogen (secondary N) is 1. The van der Waals surface area contributed by atoms with Gasteiger partial charge in [0.2, 0.25) is 5.88 Å². The van der Waals surface area contributed by atoms with Gasteiger partial charge in [0.15, 0.2) is 0 Å². The average Bonchev–Trinajstić information content (AvgIpc) is 2.46. The zero-order valence-electron chi connectivity index (χ0n) is 12.3. The molecule has 0 amide bonds.